The molecule has 0 spiro atoms. The quantitative estimate of drug-likeness (QED) is 0.0980. The third-order valence-electron chi connectivity index (χ3n) is 11.6. The number of nitrogens with one attached hydrogen (secondary N) is 2. The van der Waals surface area contributed by atoms with Crippen molar-refractivity contribution < 1.29 is 9.90 Å². The molecule has 1 aliphatic carbocycles. The van der Waals surface area contributed by atoms with Crippen molar-refractivity contribution in [1.29, 1.82) is 0 Å². The van der Waals surface area contributed by atoms with E-state index in [-0.39, 0.29) is 11.2 Å². The number of hydrogen-bond acceptors (Lipinski definition) is 9. The lowest BCUT2D eigenvalue weighted by molar-refractivity contribution is 0.0693. The minimum atomic E-state index is -1.09. The molecule has 10 rings (SSSR count). The first-order valence-electron chi connectivity index (χ1n) is 19.9. The van der Waals surface area contributed by atoms with Gasteiger partial charge in [0, 0.05) is 51.0 Å². The van der Waals surface area contributed by atoms with Crippen molar-refractivity contribution >= 4 is 27.8 Å². The van der Waals surface area contributed by atoms with Crippen LogP contribution in [-0.4, -0.2) is 46.2 Å². The van der Waals surface area contributed by atoms with E-state index in [0.717, 1.165) is 91.9 Å². The van der Waals surface area contributed by atoms with E-state index in [1.807, 2.05) is 67.6 Å². The van der Waals surface area contributed by atoms with Gasteiger partial charge in [0.25, 0.3) is 0 Å². The van der Waals surface area contributed by atoms with Crippen molar-refractivity contribution in [2.45, 2.75) is 37.9 Å². The van der Waals surface area contributed by atoms with Gasteiger partial charge in [-0.2, -0.15) is 5.10 Å². The summed E-state index contributed by atoms with van der Waals surface area (Å²) >= 11 is 0. The number of fused-ring (bicyclic) bond motifs is 2. The van der Waals surface area contributed by atoms with Crippen LogP contribution in [-0.2, 0) is 5.54 Å². The normalized spacial score (nSPS) is 13.9. The fourth-order valence-corrected chi connectivity index (χ4v) is 8.33. The highest BCUT2D eigenvalue weighted by atomic mass is 16.4. The average molecular weight is 786 g/mol. The molecule has 4 aromatic carbocycles. The predicted octanol–water partition coefficient (Wildman–Crippen LogP) is 9.66. The molecule has 1 atom stereocenters. The summed E-state index contributed by atoms with van der Waals surface area (Å²) in [5.41, 5.74) is 18.2. The maximum absolute atomic E-state index is 12.1. The predicted molar refractivity (Wildman–Crippen MR) is 233 cm³/mol. The lowest BCUT2D eigenvalue weighted by atomic mass is 9.71. The van der Waals surface area contributed by atoms with Crippen LogP contribution in [0.1, 0.15) is 52.9 Å². The van der Waals surface area contributed by atoms with Gasteiger partial charge in [-0.1, -0.05) is 109 Å². The van der Waals surface area contributed by atoms with Gasteiger partial charge < -0.3 is 10.8 Å². The van der Waals surface area contributed by atoms with Gasteiger partial charge in [-0.25, -0.2) is 24.7 Å². The molecule has 0 saturated heterocycles. The number of rotatable bonds is 10. The number of pyridine rings is 4. The van der Waals surface area contributed by atoms with E-state index in [1.165, 1.54) is 6.20 Å². The Morgan fingerprint density at radius 3 is 1.80 bits per heavy atom. The molecular formula is C49H39N9O2. The van der Waals surface area contributed by atoms with Crippen LogP contribution in [0.15, 0.2) is 146 Å². The van der Waals surface area contributed by atoms with Crippen molar-refractivity contribution in [3.05, 3.63) is 168 Å². The van der Waals surface area contributed by atoms with Crippen molar-refractivity contribution in [2.75, 3.05) is 0 Å². The Hall–Kier alpha value is -7.47. The Morgan fingerprint density at radius 2 is 1.25 bits per heavy atom. The summed E-state index contributed by atoms with van der Waals surface area (Å²) in [6.45, 7) is 1.87. The second-order valence-electron chi connectivity index (χ2n) is 15.3. The Bertz CT molecular complexity index is 3040. The first-order valence-corrected chi connectivity index (χ1v) is 19.9. The Morgan fingerprint density at radius 1 is 0.683 bits per heavy atom. The largest absolute Gasteiger partial charge is 0.476 e. The molecule has 292 valence electrons. The minimum Gasteiger partial charge on any atom is -0.476 e. The number of nitrogens with zero attached hydrogens (tertiary/aromatic N) is 6. The first kappa shape index (κ1) is 36.8. The highest BCUT2D eigenvalue weighted by Gasteiger charge is 2.40. The summed E-state index contributed by atoms with van der Waals surface area (Å²) in [5.74, 6) is 0.167. The number of aromatic nitrogens is 7. The number of aromatic amines is 1. The molecule has 0 amide bonds. The monoisotopic (exact) mass is 785 g/mol. The van der Waals surface area contributed by atoms with E-state index < -0.39 is 12.1 Å². The van der Waals surface area contributed by atoms with E-state index in [0.29, 0.717) is 22.4 Å². The van der Waals surface area contributed by atoms with Crippen LogP contribution in [0.25, 0.3) is 78.1 Å². The number of aryl methyl sites for hydroxylation is 1. The molecule has 1 aliphatic rings. The van der Waals surface area contributed by atoms with Gasteiger partial charge in [0.05, 0.1) is 28.6 Å². The lowest BCUT2D eigenvalue weighted by Gasteiger charge is -2.45. The van der Waals surface area contributed by atoms with Crippen LogP contribution in [0.3, 0.4) is 0 Å². The number of aromatic carboxylic acids is 1. The molecule has 9 aromatic rings. The zero-order valence-corrected chi connectivity index (χ0v) is 32.7. The van der Waals surface area contributed by atoms with E-state index in [9.17, 15) is 9.90 Å². The number of nitrogens with two attached hydrogens (primary N) is 1. The fourth-order valence-electron chi connectivity index (χ4n) is 8.33. The van der Waals surface area contributed by atoms with Crippen LogP contribution in [0, 0.1) is 6.92 Å². The summed E-state index contributed by atoms with van der Waals surface area (Å²) in [6.07, 6.45) is 5.83. The average Bonchev–Trinajstić information content (AvgIpc) is 3.72. The molecule has 5 N–H and O–H groups in total. The number of H-pyrrole nitrogens is 1. The number of carbonyl (C=O) groups is 1. The standard InChI is InChI=1S/C49H39N9O2/c1-29-53-47(58-57-29)44-38-27-36(30-9-4-2-5-10-30)42(54-40(38)21-25-51-44)32-13-15-34(16-14-32)46(50)56-49(23-8-24-49)35-19-17-33(18-20-35)43-37(31-11-6-3-7-12-31)28-39-41(55-43)22-26-52-45(39)48(59)60/h2-7,9-22,25-28,46,56H,8,23-24,50H2,1H3,(H,59,60)(H,53,57,58). The van der Waals surface area contributed by atoms with E-state index in [1.54, 1.807) is 12.3 Å². The van der Waals surface area contributed by atoms with Crippen molar-refractivity contribution in [3.63, 3.8) is 0 Å². The first-order chi connectivity index (χ1) is 29.3. The van der Waals surface area contributed by atoms with Gasteiger partial charge in [0.2, 0.25) is 0 Å². The molecule has 11 nitrogen and oxygen atoms in total. The molecule has 60 heavy (non-hydrogen) atoms. The fraction of sp³-hybridized carbons (Fsp3) is 0.122. The van der Waals surface area contributed by atoms with Gasteiger partial charge in [-0.15, -0.1) is 0 Å². The Kier molecular flexibility index (Phi) is 9.24. The number of hydrogen-bond donors (Lipinski definition) is 4. The van der Waals surface area contributed by atoms with Crippen LogP contribution >= 0.6 is 0 Å². The molecule has 1 fully saturated rings. The summed E-state index contributed by atoms with van der Waals surface area (Å²) in [4.78, 5) is 35.6. The highest BCUT2D eigenvalue weighted by molar-refractivity contribution is 6.03. The van der Waals surface area contributed by atoms with Crippen molar-refractivity contribution in [3.8, 4) is 56.3 Å². The van der Waals surface area contributed by atoms with E-state index >= 15 is 0 Å². The smallest absolute Gasteiger partial charge is 0.355 e. The zero-order valence-electron chi connectivity index (χ0n) is 32.7. The molecule has 1 unspecified atom stereocenters. The minimum absolute atomic E-state index is 0.0173. The second kappa shape index (κ2) is 15.0. The number of carboxylic acids is 1. The Balaban J connectivity index is 0.947. The summed E-state index contributed by atoms with van der Waals surface area (Å²) in [7, 11) is 0. The molecule has 0 bridgehead atoms. The maximum Gasteiger partial charge on any atom is 0.355 e. The summed E-state index contributed by atoms with van der Waals surface area (Å²) in [6, 6.07) is 44.7. The Labute approximate surface area is 345 Å². The molecule has 1 saturated carbocycles. The molecular weight excluding hydrogens is 747 g/mol. The van der Waals surface area contributed by atoms with Gasteiger partial charge >= 0.3 is 5.97 Å². The van der Waals surface area contributed by atoms with Gasteiger partial charge in [-0.3, -0.25) is 15.4 Å². The van der Waals surface area contributed by atoms with Crippen molar-refractivity contribution in [2.24, 2.45) is 5.73 Å². The van der Waals surface area contributed by atoms with E-state index in [4.69, 9.17) is 15.7 Å². The van der Waals surface area contributed by atoms with Gasteiger partial charge in [0.1, 0.15) is 11.5 Å². The molecule has 11 heteroatoms. The van der Waals surface area contributed by atoms with Crippen LogP contribution < -0.4 is 11.1 Å². The van der Waals surface area contributed by atoms with Gasteiger partial charge in [0.15, 0.2) is 11.5 Å². The third kappa shape index (κ3) is 6.65. The van der Waals surface area contributed by atoms with Crippen LogP contribution in [0.5, 0.6) is 0 Å². The summed E-state index contributed by atoms with van der Waals surface area (Å²) < 4.78 is 0. The van der Waals surface area contributed by atoms with E-state index in [2.05, 4.69) is 97.2 Å². The third-order valence-corrected chi connectivity index (χ3v) is 11.6. The lowest BCUT2D eigenvalue weighted by Crippen LogP contribution is -2.51. The maximum atomic E-state index is 12.1. The summed E-state index contributed by atoms with van der Waals surface area (Å²) in [5, 5.41) is 22.4. The van der Waals surface area contributed by atoms with Gasteiger partial charge in [-0.05, 0) is 72.7 Å². The van der Waals surface area contributed by atoms with Crippen molar-refractivity contribution in [1.82, 2.24) is 40.4 Å². The topological polar surface area (TPSA) is 168 Å². The highest BCUT2D eigenvalue weighted by Crippen LogP contribution is 2.44. The zero-order chi connectivity index (χ0) is 40.8. The molecule has 0 radical (unpaired) electrons. The molecule has 5 aromatic heterocycles. The van der Waals surface area contributed by atoms with Crippen LogP contribution in [0.4, 0.5) is 0 Å². The molecule has 0 aliphatic heterocycles. The van der Waals surface area contributed by atoms with Crippen LogP contribution in [0.2, 0.25) is 0 Å². The number of carboxylic acid groups (broad SMARTS) is 1. The number of benzene rings is 4. The molecule has 5 heterocycles. The SMILES string of the molecule is Cc1nc(-c2nccc3nc(-c4ccc(C(N)NC5(c6ccc(-c7nc8ccnc(C(=O)O)c8cc7-c7ccccc7)cc6)CCC5)cc4)c(-c4ccccc4)cc23)n[nH]1. The second-order valence-corrected chi connectivity index (χ2v) is 15.3.